The van der Waals surface area contributed by atoms with Crippen molar-refractivity contribution in [3.05, 3.63) is 52.0 Å². The molecule has 1 amide bonds. The van der Waals surface area contributed by atoms with Gasteiger partial charge in [-0.3, -0.25) is 9.78 Å². The van der Waals surface area contributed by atoms with E-state index in [0.717, 1.165) is 17.0 Å². The Morgan fingerprint density at radius 3 is 2.78 bits per heavy atom. The average Bonchev–Trinajstić information content (AvgIpc) is 2.87. The number of pyridine rings is 1. The third-order valence-corrected chi connectivity index (χ3v) is 3.91. The minimum atomic E-state index is 0.0605. The van der Waals surface area contributed by atoms with Gasteiger partial charge in [-0.1, -0.05) is 13.0 Å². The zero-order valence-electron chi connectivity index (χ0n) is 10.6. The van der Waals surface area contributed by atoms with E-state index in [1.54, 1.807) is 22.4 Å². The number of hydrogen-bond donors (Lipinski definition) is 0. The number of carbonyl (C=O) groups is 1. The van der Waals surface area contributed by atoms with Gasteiger partial charge in [-0.25, -0.2) is 0 Å². The summed E-state index contributed by atoms with van der Waals surface area (Å²) in [7, 11) is 1.81. The van der Waals surface area contributed by atoms with Gasteiger partial charge in [-0.15, -0.1) is 11.3 Å². The van der Waals surface area contributed by atoms with Crippen LogP contribution in [0.5, 0.6) is 0 Å². The summed E-state index contributed by atoms with van der Waals surface area (Å²) in [6, 6.07) is 9.65. The van der Waals surface area contributed by atoms with Crippen molar-refractivity contribution in [1.29, 1.82) is 0 Å². The number of hydrogen-bond acceptors (Lipinski definition) is 3. The van der Waals surface area contributed by atoms with E-state index in [2.05, 4.69) is 11.9 Å². The molecule has 0 bridgehead atoms. The van der Waals surface area contributed by atoms with Crippen LogP contribution in [0.2, 0.25) is 0 Å². The van der Waals surface area contributed by atoms with E-state index in [-0.39, 0.29) is 5.91 Å². The van der Waals surface area contributed by atoms with E-state index >= 15 is 0 Å². The molecule has 0 radical (unpaired) electrons. The maximum Gasteiger partial charge on any atom is 0.264 e. The van der Waals surface area contributed by atoms with Crippen molar-refractivity contribution in [2.24, 2.45) is 0 Å². The van der Waals surface area contributed by atoms with Gasteiger partial charge in [0.05, 0.1) is 17.1 Å². The predicted octanol–water partition coefficient (Wildman–Crippen LogP) is 2.98. The highest BCUT2D eigenvalue weighted by molar-refractivity contribution is 7.14. The molecule has 2 aromatic rings. The molecule has 18 heavy (non-hydrogen) atoms. The molecular formula is C14H16N2OS. The third-order valence-electron chi connectivity index (χ3n) is 2.69. The fourth-order valence-electron chi connectivity index (χ4n) is 1.68. The van der Waals surface area contributed by atoms with Crippen molar-refractivity contribution in [1.82, 2.24) is 9.88 Å². The topological polar surface area (TPSA) is 33.2 Å². The van der Waals surface area contributed by atoms with Crippen LogP contribution in [0, 0.1) is 0 Å². The van der Waals surface area contributed by atoms with E-state index in [1.807, 2.05) is 37.4 Å². The van der Waals surface area contributed by atoms with Gasteiger partial charge in [-0.2, -0.15) is 0 Å². The molecule has 4 heteroatoms. The monoisotopic (exact) mass is 260 g/mol. The molecule has 94 valence electrons. The van der Waals surface area contributed by atoms with E-state index in [1.165, 1.54) is 4.88 Å². The van der Waals surface area contributed by atoms with E-state index in [4.69, 9.17) is 0 Å². The largest absolute Gasteiger partial charge is 0.335 e. The minimum Gasteiger partial charge on any atom is -0.335 e. The maximum absolute atomic E-state index is 12.2. The number of nitrogens with zero attached hydrogens (tertiary/aromatic N) is 2. The molecule has 0 aliphatic carbocycles. The number of carbonyl (C=O) groups excluding carboxylic acids is 1. The van der Waals surface area contributed by atoms with Crippen LogP contribution in [0.25, 0.3) is 0 Å². The average molecular weight is 260 g/mol. The first-order valence-electron chi connectivity index (χ1n) is 5.94. The predicted molar refractivity (Wildman–Crippen MR) is 73.7 cm³/mol. The Morgan fingerprint density at radius 2 is 2.17 bits per heavy atom. The molecule has 0 N–H and O–H groups in total. The second-order valence-electron chi connectivity index (χ2n) is 4.10. The van der Waals surface area contributed by atoms with Crippen molar-refractivity contribution >= 4 is 17.2 Å². The summed E-state index contributed by atoms with van der Waals surface area (Å²) in [5.74, 6) is 0.0605. The van der Waals surface area contributed by atoms with Gasteiger partial charge in [0, 0.05) is 18.1 Å². The van der Waals surface area contributed by atoms with Crippen LogP contribution in [0.3, 0.4) is 0 Å². The number of thiophene rings is 1. The van der Waals surface area contributed by atoms with Crippen molar-refractivity contribution in [3.63, 3.8) is 0 Å². The lowest BCUT2D eigenvalue weighted by atomic mass is 10.3. The highest BCUT2D eigenvalue weighted by atomic mass is 32.1. The van der Waals surface area contributed by atoms with Gasteiger partial charge in [0.1, 0.15) is 0 Å². The Balaban J connectivity index is 2.05. The lowest BCUT2D eigenvalue weighted by Crippen LogP contribution is -2.25. The van der Waals surface area contributed by atoms with Crippen molar-refractivity contribution in [2.45, 2.75) is 19.9 Å². The first-order valence-corrected chi connectivity index (χ1v) is 6.76. The molecule has 2 rings (SSSR count). The normalized spacial score (nSPS) is 10.3. The summed E-state index contributed by atoms with van der Waals surface area (Å²) < 4.78 is 0. The second kappa shape index (κ2) is 5.78. The van der Waals surface area contributed by atoms with Crippen LogP contribution < -0.4 is 0 Å². The first-order chi connectivity index (χ1) is 8.70. The Kier molecular flexibility index (Phi) is 4.10. The fourth-order valence-corrected chi connectivity index (χ4v) is 2.62. The summed E-state index contributed by atoms with van der Waals surface area (Å²) in [5.41, 5.74) is 0.903. The molecule has 0 fully saturated rings. The summed E-state index contributed by atoms with van der Waals surface area (Å²) in [4.78, 5) is 20.2. The fraction of sp³-hybridized carbons (Fsp3) is 0.286. The summed E-state index contributed by atoms with van der Waals surface area (Å²) in [6.07, 6.45) is 2.72. The lowest BCUT2D eigenvalue weighted by Gasteiger charge is -2.15. The molecule has 2 heterocycles. The highest BCUT2D eigenvalue weighted by Crippen LogP contribution is 2.18. The molecule has 0 unspecified atom stereocenters. The Labute approximate surface area is 111 Å². The quantitative estimate of drug-likeness (QED) is 0.846. The standard InChI is InChI=1S/C14H16N2OS/c1-3-12-7-8-13(18-12)14(17)16(2)10-11-6-4-5-9-15-11/h4-9H,3,10H2,1-2H3. The first kappa shape index (κ1) is 12.8. The van der Waals surface area contributed by atoms with Crippen molar-refractivity contribution in [3.8, 4) is 0 Å². The smallest absolute Gasteiger partial charge is 0.264 e. The highest BCUT2D eigenvalue weighted by Gasteiger charge is 2.14. The Hall–Kier alpha value is -1.68. The zero-order valence-corrected chi connectivity index (χ0v) is 11.4. The van der Waals surface area contributed by atoms with Gasteiger partial charge in [0.25, 0.3) is 5.91 Å². The lowest BCUT2D eigenvalue weighted by molar-refractivity contribution is 0.0788. The molecule has 2 aromatic heterocycles. The summed E-state index contributed by atoms with van der Waals surface area (Å²) in [6.45, 7) is 2.64. The Morgan fingerprint density at radius 1 is 1.33 bits per heavy atom. The van der Waals surface area contributed by atoms with Gasteiger partial charge in [0.2, 0.25) is 0 Å². The zero-order chi connectivity index (χ0) is 13.0. The van der Waals surface area contributed by atoms with Crippen molar-refractivity contribution in [2.75, 3.05) is 7.05 Å². The SMILES string of the molecule is CCc1ccc(C(=O)N(C)Cc2ccccn2)s1. The number of aromatic nitrogens is 1. The third kappa shape index (κ3) is 2.96. The summed E-state index contributed by atoms with van der Waals surface area (Å²) in [5, 5.41) is 0. The molecule has 0 saturated heterocycles. The van der Waals surface area contributed by atoms with Gasteiger partial charge < -0.3 is 4.90 Å². The van der Waals surface area contributed by atoms with Crippen LogP contribution in [-0.2, 0) is 13.0 Å². The molecule has 0 aromatic carbocycles. The molecule has 0 saturated carbocycles. The van der Waals surface area contributed by atoms with Gasteiger partial charge in [0.15, 0.2) is 0 Å². The van der Waals surface area contributed by atoms with E-state index in [9.17, 15) is 4.79 Å². The van der Waals surface area contributed by atoms with E-state index < -0.39 is 0 Å². The molecule has 0 aliphatic heterocycles. The van der Waals surface area contributed by atoms with Crippen LogP contribution in [0.1, 0.15) is 27.2 Å². The van der Waals surface area contributed by atoms with Gasteiger partial charge >= 0.3 is 0 Å². The van der Waals surface area contributed by atoms with Crippen LogP contribution in [0.4, 0.5) is 0 Å². The van der Waals surface area contributed by atoms with Crippen LogP contribution in [0.15, 0.2) is 36.5 Å². The van der Waals surface area contributed by atoms with E-state index in [0.29, 0.717) is 6.54 Å². The van der Waals surface area contributed by atoms with Crippen LogP contribution >= 0.6 is 11.3 Å². The van der Waals surface area contributed by atoms with Gasteiger partial charge in [-0.05, 0) is 30.7 Å². The minimum absolute atomic E-state index is 0.0605. The number of amides is 1. The molecular weight excluding hydrogens is 244 g/mol. The second-order valence-corrected chi connectivity index (χ2v) is 5.27. The maximum atomic E-state index is 12.2. The molecule has 0 spiro atoms. The van der Waals surface area contributed by atoms with Crippen LogP contribution in [-0.4, -0.2) is 22.8 Å². The van der Waals surface area contributed by atoms with Crippen molar-refractivity contribution < 1.29 is 4.79 Å². The number of rotatable bonds is 4. The Bertz CT molecular complexity index is 522. The molecule has 3 nitrogen and oxygen atoms in total. The number of aryl methyl sites for hydroxylation is 1. The summed E-state index contributed by atoms with van der Waals surface area (Å²) >= 11 is 1.57. The molecule has 0 atom stereocenters. The molecule has 0 aliphatic rings.